The van der Waals surface area contributed by atoms with Crippen LogP contribution in [0, 0.1) is 5.92 Å². The monoisotopic (exact) mass is 390 g/mol. The topological polar surface area (TPSA) is 66.5 Å². The molecule has 1 aromatic rings. The molecule has 0 aromatic heterocycles. The van der Waals surface area contributed by atoms with Crippen molar-refractivity contribution in [2.75, 3.05) is 19.6 Å². The van der Waals surface area contributed by atoms with Crippen molar-refractivity contribution in [3.05, 3.63) is 41.5 Å². The van der Waals surface area contributed by atoms with Crippen LogP contribution >= 0.6 is 0 Å². The molecule has 1 unspecified atom stereocenters. The first-order valence-electron chi connectivity index (χ1n) is 10.0. The van der Waals surface area contributed by atoms with E-state index in [0.717, 1.165) is 45.2 Å². The Kier molecular flexibility index (Phi) is 6.71. The van der Waals surface area contributed by atoms with Crippen LogP contribution in [0.25, 0.3) is 0 Å². The van der Waals surface area contributed by atoms with Crippen LogP contribution in [0.4, 0.5) is 0 Å². The van der Waals surface area contributed by atoms with E-state index >= 15 is 0 Å². The normalized spacial score (nSPS) is 21.0. The number of hydrogen-bond acceptors (Lipinski definition) is 3. The largest absolute Gasteiger partial charge is 0.338 e. The van der Waals surface area contributed by atoms with Gasteiger partial charge in [-0.05, 0) is 69.1 Å². The van der Waals surface area contributed by atoms with Crippen LogP contribution in [0.15, 0.2) is 40.8 Å². The quantitative estimate of drug-likeness (QED) is 0.753. The number of amides is 1. The van der Waals surface area contributed by atoms with Crippen molar-refractivity contribution in [2.45, 2.75) is 56.8 Å². The highest BCUT2D eigenvalue weighted by molar-refractivity contribution is 7.89. The highest BCUT2D eigenvalue weighted by atomic mass is 32.2. The van der Waals surface area contributed by atoms with E-state index < -0.39 is 10.0 Å². The average Bonchev–Trinajstić information content (AvgIpc) is 2.68. The Morgan fingerprint density at radius 1 is 1.26 bits per heavy atom. The van der Waals surface area contributed by atoms with E-state index in [1.54, 1.807) is 18.2 Å². The van der Waals surface area contributed by atoms with E-state index in [-0.39, 0.29) is 10.8 Å². The summed E-state index contributed by atoms with van der Waals surface area (Å²) < 4.78 is 27.9. The summed E-state index contributed by atoms with van der Waals surface area (Å²) in [6, 6.07) is 6.41. The molecule has 0 radical (unpaired) electrons. The van der Waals surface area contributed by atoms with E-state index in [1.165, 1.54) is 24.5 Å². The summed E-state index contributed by atoms with van der Waals surface area (Å²) in [6.07, 6.45) is 9.71. The Morgan fingerprint density at radius 2 is 2.11 bits per heavy atom. The number of benzene rings is 1. The third kappa shape index (κ3) is 5.42. The van der Waals surface area contributed by atoms with Crippen LogP contribution in [-0.2, 0) is 10.0 Å². The molecule has 3 rings (SSSR count). The second kappa shape index (κ2) is 9.02. The number of piperidine rings is 1. The molecule has 5 nitrogen and oxygen atoms in total. The summed E-state index contributed by atoms with van der Waals surface area (Å²) in [5.41, 5.74) is 1.79. The first-order chi connectivity index (χ1) is 13.0. The molecule has 0 bridgehead atoms. The maximum absolute atomic E-state index is 12.7. The number of hydrogen-bond donors (Lipinski definition) is 1. The lowest BCUT2D eigenvalue weighted by molar-refractivity contribution is 0.0683. The molecular formula is C21H30N2O3S. The van der Waals surface area contributed by atoms with Crippen LogP contribution in [-0.4, -0.2) is 38.9 Å². The van der Waals surface area contributed by atoms with E-state index in [1.807, 2.05) is 4.90 Å². The molecular weight excluding hydrogens is 360 g/mol. The van der Waals surface area contributed by atoms with Gasteiger partial charge in [-0.15, -0.1) is 0 Å². The van der Waals surface area contributed by atoms with Gasteiger partial charge in [0, 0.05) is 25.2 Å². The smallest absolute Gasteiger partial charge is 0.253 e. The van der Waals surface area contributed by atoms with Crippen molar-refractivity contribution < 1.29 is 13.2 Å². The first-order valence-corrected chi connectivity index (χ1v) is 11.5. The number of sulfonamides is 1. The Balaban J connectivity index is 1.64. The summed E-state index contributed by atoms with van der Waals surface area (Å²) in [5.74, 6) is 0.413. The molecule has 1 aliphatic carbocycles. The maximum Gasteiger partial charge on any atom is 0.253 e. The fraction of sp³-hybridized carbons (Fsp3) is 0.571. The Bertz CT molecular complexity index is 801. The van der Waals surface area contributed by atoms with Gasteiger partial charge in [0.05, 0.1) is 4.90 Å². The molecule has 27 heavy (non-hydrogen) atoms. The molecule has 1 heterocycles. The molecule has 1 aliphatic heterocycles. The second-order valence-electron chi connectivity index (χ2n) is 7.78. The van der Waals surface area contributed by atoms with Gasteiger partial charge in [-0.1, -0.05) is 24.6 Å². The van der Waals surface area contributed by atoms with Gasteiger partial charge in [0.2, 0.25) is 10.0 Å². The number of carbonyl (C=O) groups is 1. The van der Waals surface area contributed by atoms with Crippen LogP contribution in [0.1, 0.15) is 62.2 Å². The number of carbonyl (C=O) groups excluding carboxylic acids is 1. The lowest BCUT2D eigenvalue weighted by Gasteiger charge is -2.31. The van der Waals surface area contributed by atoms with Crippen molar-refractivity contribution in [1.82, 2.24) is 9.62 Å². The highest BCUT2D eigenvalue weighted by Crippen LogP contribution is 2.21. The summed E-state index contributed by atoms with van der Waals surface area (Å²) in [4.78, 5) is 14.7. The Hall–Kier alpha value is -1.66. The molecule has 1 atom stereocenters. The zero-order valence-electron chi connectivity index (χ0n) is 16.1. The fourth-order valence-corrected chi connectivity index (χ4v) is 4.99. The minimum absolute atomic E-state index is 0.0778. The average molecular weight is 391 g/mol. The number of rotatable bonds is 6. The van der Waals surface area contributed by atoms with Crippen molar-refractivity contribution in [2.24, 2.45) is 5.92 Å². The van der Waals surface area contributed by atoms with Gasteiger partial charge >= 0.3 is 0 Å². The molecule has 6 heteroatoms. The number of nitrogens with one attached hydrogen (secondary N) is 1. The van der Waals surface area contributed by atoms with Gasteiger partial charge in [0.15, 0.2) is 0 Å². The van der Waals surface area contributed by atoms with E-state index in [2.05, 4.69) is 17.7 Å². The minimum atomic E-state index is -3.61. The molecule has 1 fully saturated rings. The van der Waals surface area contributed by atoms with Crippen LogP contribution < -0.4 is 4.72 Å². The molecule has 1 amide bonds. The number of nitrogens with zero attached hydrogens (tertiary/aromatic N) is 1. The SMILES string of the molecule is CC1CCCN(C(=O)c2cccc(S(=O)(=O)NCCC3=CCCCC3)c2)C1. The standard InChI is InChI=1S/C21H30N2O3S/c1-17-7-6-14-23(16-17)21(24)19-10-5-11-20(15-19)27(25,26)22-13-12-18-8-3-2-4-9-18/h5,8,10-11,15,17,22H,2-4,6-7,9,12-14,16H2,1H3. The first kappa shape index (κ1) is 20.1. The maximum atomic E-state index is 12.7. The molecule has 2 aliphatic rings. The third-order valence-electron chi connectivity index (χ3n) is 5.46. The fourth-order valence-electron chi connectivity index (χ4n) is 3.91. The van der Waals surface area contributed by atoms with E-state index in [0.29, 0.717) is 18.0 Å². The van der Waals surface area contributed by atoms with Gasteiger partial charge in [-0.25, -0.2) is 13.1 Å². The Morgan fingerprint density at radius 3 is 2.85 bits per heavy atom. The van der Waals surface area contributed by atoms with E-state index in [4.69, 9.17) is 0 Å². The van der Waals surface area contributed by atoms with Crippen molar-refractivity contribution in [3.63, 3.8) is 0 Å². The van der Waals surface area contributed by atoms with Crippen molar-refractivity contribution >= 4 is 15.9 Å². The molecule has 1 saturated heterocycles. The number of likely N-dealkylation sites (tertiary alicyclic amines) is 1. The predicted molar refractivity (Wildman–Crippen MR) is 107 cm³/mol. The van der Waals surface area contributed by atoms with Gasteiger partial charge < -0.3 is 4.90 Å². The Labute approximate surface area is 162 Å². The summed E-state index contributed by atoms with van der Waals surface area (Å²) in [5, 5.41) is 0. The van der Waals surface area contributed by atoms with E-state index in [9.17, 15) is 13.2 Å². The zero-order chi connectivity index (χ0) is 19.3. The summed E-state index contributed by atoms with van der Waals surface area (Å²) in [7, 11) is -3.61. The lowest BCUT2D eigenvalue weighted by Crippen LogP contribution is -2.39. The van der Waals surface area contributed by atoms with Crippen molar-refractivity contribution in [3.8, 4) is 0 Å². The zero-order valence-corrected chi connectivity index (χ0v) is 16.9. The summed E-state index contributed by atoms with van der Waals surface area (Å²) >= 11 is 0. The van der Waals surface area contributed by atoms with Crippen molar-refractivity contribution in [1.29, 1.82) is 0 Å². The van der Waals surface area contributed by atoms with Crippen LogP contribution in [0.3, 0.4) is 0 Å². The second-order valence-corrected chi connectivity index (χ2v) is 9.55. The summed E-state index contributed by atoms with van der Waals surface area (Å²) in [6.45, 7) is 4.03. The predicted octanol–water partition coefficient (Wildman–Crippen LogP) is 3.73. The molecule has 1 aromatic carbocycles. The third-order valence-corrected chi connectivity index (χ3v) is 6.92. The molecule has 1 N–H and O–H groups in total. The molecule has 0 saturated carbocycles. The van der Waals surface area contributed by atoms with Gasteiger partial charge in [0.1, 0.15) is 0 Å². The van der Waals surface area contributed by atoms with Gasteiger partial charge in [-0.3, -0.25) is 4.79 Å². The minimum Gasteiger partial charge on any atom is -0.338 e. The van der Waals surface area contributed by atoms with Crippen LogP contribution in [0.2, 0.25) is 0 Å². The van der Waals surface area contributed by atoms with Gasteiger partial charge in [0.25, 0.3) is 5.91 Å². The number of allylic oxidation sites excluding steroid dienone is 1. The molecule has 0 spiro atoms. The highest BCUT2D eigenvalue weighted by Gasteiger charge is 2.23. The van der Waals surface area contributed by atoms with Crippen LogP contribution in [0.5, 0.6) is 0 Å². The lowest BCUT2D eigenvalue weighted by atomic mass is 9.97. The molecule has 148 valence electrons. The van der Waals surface area contributed by atoms with Gasteiger partial charge in [-0.2, -0.15) is 0 Å².